The minimum atomic E-state index is -0.301. The molecule has 2 aromatic heterocycles. The van der Waals surface area contributed by atoms with Crippen molar-refractivity contribution in [3.63, 3.8) is 0 Å². The molecule has 0 aliphatic rings. The van der Waals surface area contributed by atoms with Gasteiger partial charge in [-0.3, -0.25) is 9.78 Å². The summed E-state index contributed by atoms with van der Waals surface area (Å²) in [4.78, 5) is 16.3. The maximum Gasteiger partial charge on any atom is 0.276 e. The lowest BCUT2D eigenvalue weighted by Gasteiger charge is -2.04. The van der Waals surface area contributed by atoms with E-state index in [0.29, 0.717) is 17.3 Å². The molecule has 0 saturated heterocycles. The number of nitrogens with one attached hydrogen (secondary N) is 1. The Labute approximate surface area is 109 Å². The van der Waals surface area contributed by atoms with Gasteiger partial charge in [-0.1, -0.05) is 29.4 Å². The molecule has 94 valence electrons. The van der Waals surface area contributed by atoms with Crippen molar-refractivity contribution in [2.24, 2.45) is 0 Å². The smallest absolute Gasteiger partial charge is 0.276 e. The van der Waals surface area contributed by atoms with Crippen LogP contribution in [0.1, 0.15) is 16.2 Å². The predicted octanol–water partition coefficient (Wildman–Crippen LogP) is 2.78. The Bertz CT molecular complexity index is 744. The van der Waals surface area contributed by atoms with Crippen molar-refractivity contribution in [3.8, 4) is 0 Å². The fraction of sp³-hybridized carbons (Fsp3) is 0.0714. The zero-order valence-corrected chi connectivity index (χ0v) is 10.3. The standard InChI is InChI=1S/C14H11N3O2/c1-9-8-12(17-19-9)16-14(18)13-11-5-3-2-4-10(11)6-7-15-13/h2-8H,1H3,(H,16,17,18). The molecule has 2 heterocycles. The van der Waals surface area contributed by atoms with E-state index in [4.69, 9.17) is 4.52 Å². The van der Waals surface area contributed by atoms with Crippen LogP contribution < -0.4 is 5.32 Å². The highest BCUT2D eigenvalue weighted by atomic mass is 16.5. The van der Waals surface area contributed by atoms with Gasteiger partial charge in [0.25, 0.3) is 5.91 Å². The maximum atomic E-state index is 12.2. The SMILES string of the molecule is Cc1cc(NC(=O)c2nccc3ccccc23)no1. The second-order valence-electron chi connectivity index (χ2n) is 4.16. The van der Waals surface area contributed by atoms with Crippen molar-refractivity contribution < 1.29 is 9.32 Å². The molecule has 1 N–H and O–H groups in total. The molecule has 0 aliphatic heterocycles. The summed E-state index contributed by atoms with van der Waals surface area (Å²) in [5, 5.41) is 8.17. The molecule has 5 nitrogen and oxygen atoms in total. The van der Waals surface area contributed by atoms with Gasteiger partial charge in [0.2, 0.25) is 0 Å². The largest absolute Gasteiger partial charge is 0.360 e. The summed E-state index contributed by atoms with van der Waals surface area (Å²) in [7, 11) is 0. The van der Waals surface area contributed by atoms with Gasteiger partial charge in [0.1, 0.15) is 11.5 Å². The quantitative estimate of drug-likeness (QED) is 0.762. The molecule has 0 atom stereocenters. The molecule has 5 heteroatoms. The second kappa shape index (κ2) is 4.53. The number of benzene rings is 1. The monoisotopic (exact) mass is 253 g/mol. The Balaban J connectivity index is 1.97. The van der Waals surface area contributed by atoms with Gasteiger partial charge in [0, 0.05) is 17.6 Å². The molecule has 3 aromatic rings. The van der Waals surface area contributed by atoms with Crippen LogP contribution in [0, 0.1) is 6.92 Å². The molecular weight excluding hydrogens is 242 g/mol. The molecule has 19 heavy (non-hydrogen) atoms. The normalized spacial score (nSPS) is 10.6. The number of aromatic nitrogens is 2. The van der Waals surface area contributed by atoms with Crippen LogP contribution in [-0.2, 0) is 0 Å². The number of fused-ring (bicyclic) bond motifs is 1. The number of hydrogen-bond donors (Lipinski definition) is 1. The van der Waals surface area contributed by atoms with Crippen molar-refractivity contribution in [2.75, 3.05) is 5.32 Å². The first kappa shape index (κ1) is 11.4. The van der Waals surface area contributed by atoms with Crippen LogP contribution >= 0.6 is 0 Å². The van der Waals surface area contributed by atoms with E-state index in [-0.39, 0.29) is 5.91 Å². The Morgan fingerprint density at radius 3 is 2.89 bits per heavy atom. The Morgan fingerprint density at radius 1 is 1.26 bits per heavy atom. The lowest BCUT2D eigenvalue weighted by atomic mass is 10.1. The van der Waals surface area contributed by atoms with Gasteiger partial charge < -0.3 is 9.84 Å². The second-order valence-corrected chi connectivity index (χ2v) is 4.16. The van der Waals surface area contributed by atoms with Crippen LogP contribution in [-0.4, -0.2) is 16.0 Å². The van der Waals surface area contributed by atoms with E-state index >= 15 is 0 Å². The minimum Gasteiger partial charge on any atom is -0.360 e. The molecular formula is C14H11N3O2. The van der Waals surface area contributed by atoms with E-state index < -0.39 is 0 Å². The zero-order valence-electron chi connectivity index (χ0n) is 10.3. The molecule has 3 rings (SSSR count). The van der Waals surface area contributed by atoms with Gasteiger partial charge in [-0.2, -0.15) is 0 Å². The van der Waals surface area contributed by atoms with Gasteiger partial charge in [0.05, 0.1) is 0 Å². The number of anilines is 1. The molecule has 0 aliphatic carbocycles. The molecule has 0 unspecified atom stereocenters. The molecule has 1 amide bonds. The average Bonchev–Trinajstić information content (AvgIpc) is 2.83. The predicted molar refractivity (Wildman–Crippen MR) is 70.9 cm³/mol. The summed E-state index contributed by atoms with van der Waals surface area (Å²) in [5.74, 6) is 0.725. The fourth-order valence-corrected chi connectivity index (χ4v) is 1.90. The van der Waals surface area contributed by atoms with Crippen LogP contribution in [0.4, 0.5) is 5.82 Å². The van der Waals surface area contributed by atoms with E-state index in [9.17, 15) is 4.79 Å². The summed E-state index contributed by atoms with van der Waals surface area (Å²) in [6.45, 7) is 1.76. The molecule has 0 fully saturated rings. The maximum absolute atomic E-state index is 12.2. The van der Waals surface area contributed by atoms with Crippen molar-refractivity contribution in [1.82, 2.24) is 10.1 Å². The molecule has 0 spiro atoms. The van der Waals surface area contributed by atoms with E-state index in [1.807, 2.05) is 30.3 Å². The first-order chi connectivity index (χ1) is 9.24. The number of nitrogens with zero attached hydrogens (tertiary/aromatic N) is 2. The first-order valence-corrected chi connectivity index (χ1v) is 5.82. The number of aryl methyl sites for hydroxylation is 1. The summed E-state index contributed by atoms with van der Waals surface area (Å²) in [6.07, 6.45) is 1.62. The van der Waals surface area contributed by atoms with E-state index in [1.165, 1.54) is 0 Å². The summed E-state index contributed by atoms with van der Waals surface area (Å²) < 4.78 is 4.90. The van der Waals surface area contributed by atoms with Gasteiger partial charge in [0.15, 0.2) is 5.82 Å². The lowest BCUT2D eigenvalue weighted by molar-refractivity contribution is 0.102. The Hall–Kier alpha value is -2.69. The number of carbonyl (C=O) groups is 1. The molecule has 0 saturated carbocycles. The average molecular weight is 253 g/mol. The molecule has 0 bridgehead atoms. The Kier molecular flexibility index (Phi) is 2.72. The molecule has 0 radical (unpaired) electrons. The summed E-state index contributed by atoms with van der Waals surface area (Å²) in [5.41, 5.74) is 0.374. The van der Waals surface area contributed by atoms with Crippen molar-refractivity contribution in [2.45, 2.75) is 6.92 Å². The van der Waals surface area contributed by atoms with Crippen LogP contribution in [0.5, 0.6) is 0 Å². The third-order valence-electron chi connectivity index (χ3n) is 2.76. The van der Waals surface area contributed by atoms with E-state index in [2.05, 4.69) is 15.5 Å². The van der Waals surface area contributed by atoms with Gasteiger partial charge in [-0.15, -0.1) is 0 Å². The Morgan fingerprint density at radius 2 is 2.11 bits per heavy atom. The van der Waals surface area contributed by atoms with Crippen LogP contribution in [0.25, 0.3) is 10.8 Å². The third-order valence-corrected chi connectivity index (χ3v) is 2.76. The fourth-order valence-electron chi connectivity index (χ4n) is 1.90. The number of hydrogen-bond acceptors (Lipinski definition) is 4. The van der Waals surface area contributed by atoms with Crippen molar-refractivity contribution in [1.29, 1.82) is 0 Å². The summed E-state index contributed by atoms with van der Waals surface area (Å²) in [6, 6.07) is 11.1. The topological polar surface area (TPSA) is 68.0 Å². The number of pyridine rings is 1. The van der Waals surface area contributed by atoms with Gasteiger partial charge in [-0.05, 0) is 18.4 Å². The van der Waals surface area contributed by atoms with Gasteiger partial charge >= 0.3 is 0 Å². The highest BCUT2D eigenvalue weighted by Crippen LogP contribution is 2.17. The third kappa shape index (κ3) is 2.18. The van der Waals surface area contributed by atoms with Crippen molar-refractivity contribution in [3.05, 3.63) is 54.0 Å². The van der Waals surface area contributed by atoms with Crippen LogP contribution in [0.3, 0.4) is 0 Å². The lowest BCUT2D eigenvalue weighted by Crippen LogP contribution is -2.14. The first-order valence-electron chi connectivity index (χ1n) is 5.82. The minimum absolute atomic E-state index is 0.301. The number of rotatable bonds is 2. The van der Waals surface area contributed by atoms with Crippen LogP contribution in [0.2, 0.25) is 0 Å². The number of amides is 1. The van der Waals surface area contributed by atoms with Gasteiger partial charge in [-0.25, -0.2) is 0 Å². The molecule has 1 aromatic carbocycles. The van der Waals surface area contributed by atoms with Crippen LogP contribution in [0.15, 0.2) is 47.1 Å². The summed E-state index contributed by atoms with van der Waals surface area (Å²) >= 11 is 0. The van der Waals surface area contributed by atoms with Crippen molar-refractivity contribution >= 4 is 22.5 Å². The highest BCUT2D eigenvalue weighted by Gasteiger charge is 2.13. The zero-order chi connectivity index (χ0) is 13.2. The van der Waals surface area contributed by atoms with E-state index in [1.54, 1.807) is 19.2 Å². The van der Waals surface area contributed by atoms with E-state index in [0.717, 1.165) is 10.8 Å². The highest BCUT2D eigenvalue weighted by molar-refractivity contribution is 6.10. The number of carbonyl (C=O) groups excluding carboxylic acids is 1.